The molecule has 166 valence electrons. The van der Waals surface area contributed by atoms with Crippen molar-refractivity contribution in [2.75, 3.05) is 17.2 Å². The van der Waals surface area contributed by atoms with Gasteiger partial charge in [-0.3, -0.25) is 9.59 Å². The van der Waals surface area contributed by atoms with Gasteiger partial charge in [-0.15, -0.1) is 11.3 Å². The first-order valence-electron chi connectivity index (χ1n) is 10.6. The number of carbonyl (C=O) groups is 3. The van der Waals surface area contributed by atoms with E-state index in [4.69, 9.17) is 5.73 Å². The van der Waals surface area contributed by atoms with Gasteiger partial charge in [0.2, 0.25) is 5.91 Å². The van der Waals surface area contributed by atoms with E-state index in [1.807, 2.05) is 45.0 Å². The van der Waals surface area contributed by atoms with Gasteiger partial charge in [-0.1, -0.05) is 37.5 Å². The maximum Gasteiger partial charge on any atom is 0.322 e. The Kier molecular flexibility index (Phi) is 7.33. The molecular formula is C23H30N4O3S. The highest BCUT2D eigenvalue weighted by Crippen LogP contribution is 2.32. The second-order valence-corrected chi connectivity index (χ2v) is 9.29. The molecule has 7 nitrogen and oxygen atoms in total. The second-order valence-electron chi connectivity index (χ2n) is 8.06. The average molecular weight is 443 g/mol. The van der Waals surface area contributed by atoms with Gasteiger partial charge in [0.25, 0.3) is 5.91 Å². The van der Waals surface area contributed by atoms with E-state index in [0.29, 0.717) is 10.6 Å². The number of nitrogens with two attached hydrogens (primary N) is 1. The van der Waals surface area contributed by atoms with Crippen LogP contribution in [-0.2, 0) is 4.79 Å². The van der Waals surface area contributed by atoms with Crippen molar-refractivity contribution in [3.05, 3.63) is 45.8 Å². The number of anilines is 2. The van der Waals surface area contributed by atoms with E-state index in [-0.39, 0.29) is 24.5 Å². The standard InChI is InChI=1S/C23H30N4O3S/c1-14-9-7-8-12-18(14)25-23(30)27(17-10-5-4-6-11-17)13-19(28)26-22-20(21(24)29)15(2)16(3)31-22/h7-9,12,17H,4-6,10-11,13H2,1-3H3,(H2,24,29)(H,25,30)(H,26,28). The summed E-state index contributed by atoms with van der Waals surface area (Å²) in [5.74, 6) is -0.909. The van der Waals surface area contributed by atoms with Crippen LogP contribution in [0.1, 0.15) is 58.5 Å². The van der Waals surface area contributed by atoms with E-state index in [1.54, 1.807) is 4.90 Å². The zero-order chi connectivity index (χ0) is 22.5. The number of hydrogen-bond donors (Lipinski definition) is 3. The smallest absolute Gasteiger partial charge is 0.322 e. The number of nitrogens with zero attached hydrogens (tertiary/aromatic N) is 1. The van der Waals surface area contributed by atoms with Crippen molar-refractivity contribution in [1.82, 2.24) is 4.90 Å². The van der Waals surface area contributed by atoms with Crippen molar-refractivity contribution in [2.24, 2.45) is 5.73 Å². The molecule has 1 heterocycles. The van der Waals surface area contributed by atoms with Gasteiger partial charge in [0.15, 0.2) is 0 Å². The van der Waals surface area contributed by atoms with Crippen LogP contribution in [0.5, 0.6) is 0 Å². The summed E-state index contributed by atoms with van der Waals surface area (Å²) < 4.78 is 0. The van der Waals surface area contributed by atoms with Gasteiger partial charge in [-0.25, -0.2) is 4.79 Å². The molecule has 4 N–H and O–H groups in total. The molecule has 4 amide bonds. The monoisotopic (exact) mass is 442 g/mol. The van der Waals surface area contributed by atoms with Crippen molar-refractivity contribution in [3.63, 3.8) is 0 Å². The summed E-state index contributed by atoms with van der Waals surface area (Å²) in [7, 11) is 0. The molecule has 0 spiro atoms. The predicted molar refractivity (Wildman–Crippen MR) is 125 cm³/mol. The lowest BCUT2D eigenvalue weighted by atomic mass is 9.94. The van der Waals surface area contributed by atoms with E-state index in [9.17, 15) is 14.4 Å². The van der Waals surface area contributed by atoms with Crippen molar-refractivity contribution < 1.29 is 14.4 Å². The summed E-state index contributed by atoms with van der Waals surface area (Å²) >= 11 is 1.32. The summed E-state index contributed by atoms with van der Waals surface area (Å²) in [5.41, 5.74) is 8.31. The van der Waals surface area contributed by atoms with E-state index < -0.39 is 5.91 Å². The normalized spacial score (nSPS) is 14.2. The number of aryl methyl sites for hydroxylation is 2. The van der Waals surface area contributed by atoms with E-state index >= 15 is 0 Å². The Labute approximate surface area is 187 Å². The highest BCUT2D eigenvalue weighted by molar-refractivity contribution is 7.16. The summed E-state index contributed by atoms with van der Waals surface area (Å²) in [6.45, 7) is 5.54. The van der Waals surface area contributed by atoms with Crippen molar-refractivity contribution in [1.29, 1.82) is 0 Å². The lowest BCUT2D eigenvalue weighted by molar-refractivity contribution is -0.117. The molecule has 0 atom stereocenters. The summed E-state index contributed by atoms with van der Waals surface area (Å²) in [6.07, 6.45) is 4.97. The first kappa shape index (κ1) is 22.8. The van der Waals surface area contributed by atoms with Crippen molar-refractivity contribution in [2.45, 2.75) is 58.9 Å². The van der Waals surface area contributed by atoms with Crippen LogP contribution >= 0.6 is 11.3 Å². The third kappa shape index (κ3) is 5.44. The molecule has 0 radical (unpaired) electrons. The Morgan fingerprint density at radius 2 is 1.74 bits per heavy atom. The fourth-order valence-electron chi connectivity index (χ4n) is 3.99. The molecule has 3 rings (SSSR count). The average Bonchev–Trinajstić information content (AvgIpc) is 3.01. The van der Waals surface area contributed by atoms with Gasteiger partial charge >= 0.3 is 6.03 Å². The Morgan fingerprint density at radius 3 is 2.39 bits per heavy atom. The molecule has 8 heteroatoms. The van der Waals surface area contributed by atoms with Crippen LogP contribution in [0.25, 0.3) is 0 Å². The molecule has 1 aromatic carbocycles. The maximum atomic E-state index is 13.1. The quantitative estimate of drug-likeness (QED) is 0.610. The van der Waals surface area contributed by atoms with E-state index in [2.05, 4.69) is 10.6 Å². The van der Waals surface area contributed by atoms with Gasteiger partial charge in [0.1, 0.15) is 11.5 Å². The summed E-state index contributed by atoms with van der Waals surface area (Å²) in [4.78, 5) is 40.5. The highest BCUT2D eigenvalue weighted by Gasteiger charge is 2.28. The fraction of sp³-hybridized carbons (Fsp3) is 0.435. The number of nitrogens with one attached hydrogen (secondary N) is 2. The number of benzene rings is 1. The minimum atomic E-state index is -0.571. The second kappa shape index (κ2) is 9.96. The first-order valence-corrected chi connectivity index (χ1v) is 11.4. The molecule has 0 unspecified atom stereocenters. The molecule has 0 aliphatic heterocycles. The SMILES string of the molecule is Cc1ccccc1NC(=O)N(CC(=O)Nc1sc(C)c(C)c1C(N)=O)C1CCCCC1. The molecule has 0 bridgehead atoms. The number of para-hydroxylation sites is 1. The molecule has 1 aliphatic carbocycles. The van der Waals surface area contributed by atoms with Crippen LogP contribution in [0.3, 0.4) is 0 Å². The van der Waals surface area contributed by atoms with Gasteiger partial charge in [-0.05, 0) is 50.8 Å². The van der Waals surface area contributed by atoms with Crippen molar-refractivity contribution in [3.8, 4) is 0 Å². The number of amides is 4. The number of rotatable bonds is 6. The van der Waals surface area contributed by atoms with Crippen LogP contribution in [0.4, 0.5) is 15.5 Å². The molecule has 1 aliphatic rings. The molecule has 0 saturated heterocycles. The molecule has 2 aromatic rings. The lowest BCUT2D eigenvalue weighted by Gasteiger charge is -2.34. The summed E-state index contributed by atoms with van der Waals surface area (Å²) in [6, 6.07) is 7.28. The molecular weight excluding hydrogens is 412 g/mol. The molecule has 1 fully saturated rings. The zero-order valence-corrected chi connectivity index (χ0v) is 19.1. The predicted octanol–water partition coefficient (Wildman–Crippen LogP) is 4.58. The Balaban J connectivity index is 1.78. The maximum absolute atomic E-state index is 13.1. The summed E-state index contributed by atoms with van der Waals surface area (Å²) in [5, 5.41) is 6.21. The van der Waals surface area contributed by atoms with Crippen LogP contribution in [0, 0.1) is 20.8 Å². The first-order chi connectivity index (χ1) is 14.8. The van der Waals surface area contributed by atoms with Crippen LogP contribution < -0.4 is 16.4 Å². The number of hydrogen-bond acceptors (Lipinski definition) is 4. The Hall–Kier alpha value is -2.87. The largest absolute Gasteiger partial charge is 0.365 e. The van der Waals surface area contributed by atoms with E-state index in [0.717, 1.165) is 53.8 Å². The van der Waals surface area contributed by atoms with Crippen molar-refractivity contribution >= 4 is 39.9 Å². The van der Waals surface area contributed by atoms with Crippen LogP contribution in [0.2, 0.25) is 0 Å². The zero-order valence-electron chi connectivity index (χ0n) is 18.3. The van der Waals surface area contributed by atoms with Gasteiger partial charge < -0.3 is 21.3 Å². The lowest BCUT2D eigenvalue weighted by Crippen LogP contribution is -2.47. The van der Waals surface area contributed by atoms with Gasteiger partial charge in [0, 0.05) is 16.6 Å². The number of primary amides is 1. The van der Waals surface area contributed by atoms with E-state index in [1.165, 1.54) is 11.3 Å². The Bertz CT molecular complexity index is 979. The number of thiophene rings is 1. The topological polar surface area (TPSA) is 105 Å². The van der Waals surface area contributed by atoms with Gasteiger partial charge in [-0.2, -0.15) is 0 Å². The third-order valence-corrected chi connectivity index (χ3v) is 6.98. The van der Waals surface area contributed by atoms with Crippen LogP contribution in [0.15, 0.2) is 24.3 Å². The fourth-order valence-corrected chi connectivity index (χ4v) is 5.07. The molecule has 1 aromatic heterocycles. The molecule has 1 saturated carbocycles. The number of carbonyl (C=O) groups excluding carboxylic acids is 3. The van der Waals surface area contributed by atoms with Gasteiger partial charge in [0.05, 0.1) is 5.56 Å². The highest BCUT2D eigenvalue weighted by atomic mass is 32.1. The third-order valence-electron chi connectivity index (χ3n) is 5.86. The van der Waals surface area contributed by atoms with Crippen LogP contribution in [-0.4, -0.2) is 35.3 Å². The minimum absolute atomic E-state index is 0.00550. The Morgan fingerprint density at radius 1 is 1.06 bits per heavy atom. The number of urea groups is 1. The minimum Gasteiger partial charge on any atom is -0.365 e. The molecule has 31 heavy (non-hydrogen) atoms.